The molecule has 0 aliphatic carbocycles. The summed E-state index contributed by atoms with van der Waals surface area (Å²) in [7, 11) is 0. The molecule has 1 aromatic carbocycles. The van der Waals surface area contributed by atoms with Crippen molar-refractivity contribution in [3.05, 3.63) is 29.8 Å². The number of carbonyl (C=O) groups is 2. The van der Waals surface area contributed by atoms with Crippen LogP contribution >= 0.6 is 0 Å². The highest BCUT2D eigenvalue weighted by Crippen LogP contribution is 2.10. The van der Waals surface area contributed by atoms with Crippen molar-refractivity contribution in [1.82, 2.24) is 5.32 Å². The molecular formula is C13H14N2O4. The van der Waals surface area contributed by atoms with Gasteiger partial charge in [-0.2, -0.15) is 5.26 Å². The molecule has 0 fully saturated rings. The first-order chi connectivity index (χ1) is 9.15. The van der Waals surface area contributed by atoms with Crippen LogP contribution in [0.4, 0.5) is 0 Å². The van der Waals surface area contributed by atoms with Crippen LogP contribution in [0.1, 0.15) is 12.5 Å². The number of esters is 1. The minimum absolute atomic E-state index is 0.177. The van der Waals surface area contributed by atoms with Crippen LogP contribution in [0.3, 0.4) is 0 Å². The third-order valence-corrected chi connectivity index (χ3v) is 2.09. The highest BCUT2D eigenvalue weighted by Gasteiger charge is 2.06. The van der Waals surface area contributed by atoms with Crippen molar-refractivity contribution >= 4 is 11.9 Å². The van der Waals surface area contributed by atoms with Gasteiger partial charge in [-0.3, -0.25) is 9.59 Å². The van der Waals surface area contributed by atoms with Gasteiger partial charge in [0, 0.05) is 0 Å². The second-order valence-electron chi connectivity index (χ2n) is 3.51. The second-order valence-corrected chi connectivity index (χ2v) is 3.51. The van der Waals surface area contributed by atoms with Crippen LogP contribution in [-0.2, 0) is 14.3 Å². The van der Waals surface area contributed by atoms with Gasteiger partial charge < -0.3 is 14.8 Å². The Balaban J connectivity index is 2.29. The van der Waals surface area contributed by atoms with Crippen LogP contribution in [0.5, 0.6) is 5.75 Å². The average molecular weight is 262 g/mol. The number of hydrogen-bond acceptors (Lipinski definition) is 5. The van der Waals surface area contributed by atoms with Gasteiger partial charge in [0.2, 0.25) is 0 Å². The Morgan fingerprint density at radius 2 is 2.00 bits per heavy atom. The van der Waals surface area contributed by atoms with Crippen LogP contribution < -0.4 is 10.1 Å². The SMILES string of the molecule is CCOC(=O)CNC(=O)COc1ccc(C#N)cc1. The number of amides is 1. The molecule has 0 atom stereocenters. The van der Waals surface area contributed by atoms with Crippen LogP contribution in [0.25, 0.3) is 0 Å². The largest absolute Gasteiger partial charge is 0.484 e. The molecule has 0 heterocycles. The van der Waals surface area contributed by atoms with Crippen molar-refractivity contribution < 1.29 is 19.1 Å². The molecule has 0 aliphatic rings. The van der Waals surface area contributed by atoms with Crippen LogP contribution in [-0.4, -0.2) is 31.6 Å². The maximum absolute atomic E-state index is 11.4. The molecule has 0 aliphatic heterocycles. The van der Waals surface area contributed by atoms with Crippen molar-refractivity contribution in [2.75, 3.05) is 19.8 Å². The number of benzene rings is 1. The van der Waals surface area contributed by atoms with Gasteiger partial charge in [-0.1, -0.05) is 0 Å². The summed E-state index contributed by atoms with van der Waals surface area (Å²) in [5.41, 5.74) is 0.513. The van der Waals surface area contributed by atoms with Gasteiger partial charge in [-0.15, -0.1) is 0 Å². The van der Waals surface area contributed by atoms with E-state index >= 15 is 0 Å². The number of rotatable bonds is 6. The lowest BCUT2D eigenvalue weighted by Gasteiger charge is -2.07. The lowest BCUT2D eigenvalue weighted by atomic mass is 10.2. The van der Waals surface area contributed by atoms with Crippen LogP contribution in [0, 0.1) is 11.3 Å². The number of nitrogens with zero attached hydrogens (tertiary/aromatic N) is 1. The topological polar surface area (TPSA) is 88.4 Å². The summed E-state index contributed by atoms with van der Waals surface area (Å²) in [5, 5.41) is 11.0. The van der Waals surface area contributed by atoms with Gasteiger partial charge in [0.1, 0.15) is 12.3 Å². The predicted octanol–water partition coefficient (Wildman–Crippen LogP) is 0.616. The van der Waals surface area contributed by atoms with E-state index in [-0.39, 0.29) is 19.8 Å². The zero-order chi connectivity index (χ0) is 14.1. The van der Waals surface area contributed by atoms with E-state index in [9.17, 15) is 9.59 Å². The molecule has 19 heavy (non-hydrogen) atoms. The third kappa shape index (κ3) is 5.55. The Morgan fingerprint density at radius 1 is 1.32 bits per heavy atom. The van der Waals surface area contributed by atoms with Crippen molar-refractivity contribution in [3.8, 4) is 11.8 Å². The molecule has 0 saturated heterocycles. The van der Waals surface area contributed by atoms with E-state index in [1.165, 1.54) is 0 Å². The quantitative estimate of drug-likeness (QED) is 0.759. The van der Waals surface area contributed by atoms with Gasteiger partial charge in [0.05, 0.1) is 18.2 Å². The monoisotopic (exact) mass is 262 g/mol. The van der Waals surface area contributed by atoms with Crippen molar-refractivity contribution in [2.24, 2.45) is 0 Å². The Labute approximate surface area is 110 Å². The van der Waals surface area contributed by atoms with Gasteiger partial charge in [-0.25, -0.2) is 0 Å². The van der Waals surface area contributed by atoms with Gasteiger partial charge in [0.25, 0.3) is 5.91 Å². The van der Waals surface area contributed by atoms with Crippen molar-refractivity contribution in [2.45, 2.75) is 6.92 Å². The van der Waals surface area contributed by atoms with E-state index < -0.39 is 11.9 Å². The fourth-order valence-corrected chi connectivity index (χ4v) is 1.21. The van der Waals surface area contributed by atoms with E-state index in [1.54, 1.807) is 31.2 Å². The van der Waals surface area contributed by atoms with E-state index in [4.69, 9.17) is 10.00 Å². The molecule has 1 aromatic rings. The molecule has 0 saturated carbocycles. The van der Waals surface area contributed by atoms with E-state index in [0.717, 1.165) is 0 Å². The van der Waals surface area contributed by atoms with E-state index in [2.05, 4.69) is 10.1 Å². The second kappa shape index (κ2) is 7.71. The summed E-state index contributed by atoms with van der Waals surface area (Å²) >= 11 is 0. The van der Waals surface area contributed by atoms with Crippen molar-refractivity contribution in [1.29, 1.82) is 5.26 Å². The zero-order valence-corrected chi connectivity index (χ0v) is 10.5. The highest BCUT2D eigenvalue weighted by atomic mass is 16.5. The Hall–Kier alpha value is -2.55. The standard InChI is InChI=1S/C13H14N2O4/c1-2-18-13(17)8-15-12(16)9-19-11-5-3-10(7-14)4-6-11/h3-6H,2,8-9H2,1H3,(H,15,16). The lowest BCUT2D eigenvalue weighted by Crippen LogP contribution is -2.34. The minimum atomic E-state index is -0.491. The molecule has 0 bridgehead atoms. The first kappa shape index (κ1) is 14.5. The smallest absolute Gasteiger partial charge is 0.325 e. The summed E-state index contributed by atoms with van der Waals surface area (Å²) in [5.74, 6) is -0.433. The molecule has 0 unspecified atom stereocenters. The molecule has 0 radical (unpaired) electrons. The maximum atomic E-state index is 11.4. The molecule has 100 valence electrons. The lowest BCUT2D eigenvalue weighted by molar-refractivity contribution is -0.143. The zero-order valence-electron chi connectivity index (χ0n) is 10.5. The van der Waals surface area contributed by atoms with Gasteiger partial charge in [0.15, 0.2) is 6.61 Å². The molecule has 6 nitrogen and oxygen atoms in total. The van der Waals surface area contributed by atoms with E-state index in [1.807, 2.05) is 6.07 Å². The molecule has 6 heteroatoms. The molecule has 0 aromatic heterocycles. The fraction of sp³-hybridized carbons (Fsp3) is 0.308. The summed E-state index contributed by atoms with van der Waals surface area (Å²) in [4.78, 5) is 22.3. The number of nitrogens with one attached hydrogen (secondary N) is 1. The number of ether oxygens (including phenoxy) is 2. The molecule has 0 spiro atoms. The summed E-state index contributed by atoms with van der Waals surface area (Å²) in [6.45, 7) is 1.58. The summed E-state index contributed by atoms with van der Waals surface area (Å²) < 4.78 is 9.84. The van der Waals surface area contributed by atoms with Gasteiger partial charge >= 0.3 is 5.97 Å². The maximum Gasteiger partial charge on any atom is 0.325 e. The van der Waals surface area contributed by atoms with Crippen LogP contribution in [0.15, 0.2) is 24.3 Å². The predicted molar refractivity (Wildman–Crippen MR) is 66.3 cm³/mol. The number of hydrogen-bond donors (Lipinski definition) is 1. The van der Waals surface area contributed by atoms with Gasteiger partial charge in [-0.05, 0) is 31.2 Å². The van der Waals surface area contributed by atoms with Crippen molar-refractivity contribution in [3.63, 3.8) is 0 Å². The molecule has 1 rings (SSSR count). The molecule has 1 N–H and O–H groups in total. The fourth-order valence-electron chi connectivity index (χ4n) is 1.21. The van der Waals surface area contributed by atoms with Crippen LogP contribution in [0.2, 0.25) is 0 Å². The number of carbonyl (C=O) groups excluding carboxylic acids is 2. The Bertz CT molecular complexity index is 476. The molecular weight excluding hydrogens is 248 g/mol. The number of nitriles is 1. The first-order valence-corrected chi connectivity index (χ1v) is 5.71. The minimum Gasteiger partial charge on any atom is -0.484 e. The normalized spacial score (nSPS) is 9.26. The summed E-state index contributed by atoms with van der Waals surface area (Å²) in [6, 6.07) is 8.34. The molecule has 1 amide bonds. The first-order valence-electron chi connectivity index (χ1n) is 5.71. The third-order valence-electron chi connectivity index (χ3n) is 2.09. The summed E-state index contributed by atoms with van der Waals surface area (Å²) in [6.07, 6.45) is 0. The average Bonchev–Trinajstić information content (AvgIpc) is 2.44. The Morgan fingerprint density at radius 3 is 2.58 bits per heavy atom. The van der Waals surface area contributed by atoms with E-state index in [0.29, 0.717) is 11.3 Å². The highest BCUT2D eigenvalue weighted by molar-refractivity contribution is 5.82. The Kier molecular flexibility index (Phi) is 5.89.